The van der Waals surface area contributed by atoms with Crippen LogP contribution < -0.4 is 22.3 Å². The summed E-state index contributed by atoms with van der Waals surface area (Å²) in [7, 11) is 0. The number of aromatic nitrogens is 2. The number of carbonyl (C=O) groups is 1. The number of ether oxygens (including phenoxy) is 1. The van der Waals surface area contributed by atoms with Gasteiger partial charge in [-0.05, 0) is 38.0 Å². The number of hydrogen-bond donors (Lipinski definition) is 1. The lowest BCUT2D eigenvalue weighted by Crippen LogP contribution is -2.37. The van der Waals surface area contributed by atoms with E-state index in [9.17, 15) is 9.59 Å². The van der Waals surface area contributed by atoms with E-state index >= 15 is 0 Å². The van der Waals surface area contributed by atoms with Gasteiger partial charge in [-0.1, -0.05) is 59.7 Å². The Kier molecular flexibility index (Phi) is 5.20. The van der Waals surface area contributed by atoms with Crippen LogP contribution in [-0.2, 0) is 9.53 Å². The summed E-state index contributed by atoms with van der Waals surface area (Å²) in [5, 5.41) is 0.183. The van der Waals surface area contributed by atoms with Crippen molar-refractivity contribution in [2.24, 2.45) is 0 Å². The Bertz CT molecular complexity index is 1610. The second-order valence-electron chi connectivity index (χ2n) is 8.20. The summed E-state index contributed by atoms with van der Waals surface area (Å²) in [6.45, 7) is 5.78. The smallest absolute Gasteiger partial charge is 0.362 e. The van der Waals surface area contributed by atoms with Crippen molar-refractivity contribution in [3.05, 3.63) is 97.8 Å². The average molecular weight is 457 g/mol. The second kappa shape index (κ2) is 8.22. The second-order valence-corrected chi connectivity index (χ2v) is 8.20. The van der Waals surface area contributed by atoms with E-state index < -0.39 is 17.5 Å². The lowest BCUT2D eigenvalue weighted by Gasteiger charge is -2.22. The first-order chi connectivity index (χ1) is 16.4. The standard InChI is InChI=1S/C26H23N3O5/c1-4-32-25(31)20-19(17-10-6-8-15(3)12-17)21-23(34-26(27)28-21)29-18(24(30)33-22(20)29)13-16-9-5-7-14(2)11-16/h5-13,19H,4H2,1-3H3,(H2,27,28)/b18-13+/t19-/m0/s1. The number of rotatable bonds is 4. The predicted octanol–water partition coefficient (Wildman–Crippen LogP) is 2.31. The molecule has 2 aromatic carbocycles. The monoisotopic (exact) mass is 457 g/mol. The third-order valence-electron chi connectivity index (χ3n) is 5.71. The molecule has 8 heteroatoms. The van der Waals surface area contributed by atoms with E-state index in [0.717, 1.165) is 22.3 Å². The molecule has 4 aromatic rings. The van der Waals surface area contributed by atoms with Crippen LogP contribution in [0.3, 0.4) is 0 Å². The molecule has 0 aliphatic carbocycles. The molecule has 5 rings (SSSR count). The number of hydrogen-bond acceptors (Lipinski definition) is 7. The van der Waals surface area contributed by atoms with Gasteiger partial charge in [0.25, 0.3) is 6.01 Å². The van der Waals surface area contributed by atoms with Gasteiger partial charge < -0.3 is 19.3 Å². The number of nitrogen functional groups attached to an aromatic ring is 1. The Morgan fingerprint density at radius 1 is 1.15 bits per heavy atom. The number of nitrogens with zero attached hydrogens (tertiary/aromatic N) is 2. The molecular weight excluding hydrogens is 434 g/mol. The highest BCUT2D eigenvalue weighted by atomic mass is 16.5. The molecule has 2 aromatic heterocycles. The van der Waals surface area contributed by atoms with Crippen molar-refractivity contribution in [1.82, 2.24) is 9.55 Å². The van der Waals surface area contributed by atoms with Gasteiger partial charge in [-0.25, -0.2) is 14.2 Å². The largest absolute Gasteiger partial charge is 0.462 e. The Labute approximate surface area is 194 Å². The molecule has 0 spiro atoms. The molecule has 34 heavy (non-hydrogen) atoms. The Balaban J connectivity index is 1.91. The number of aryl methyl sites for hydroxylation is 2. The average Bonchev–Trinajstić information content (AvgIpc) is 3.32. The van der Waals surface area contributed by atoms with Crippen molar-refractivity contribution >= 4 is 23.6 Å². The summed E-state index contributed by atoms with van der Waals surface area (Å²) in [6.07, 6.45) is 1.68. The fraction of sp³-hybridized carbons (Fsp3) is 0.192. The Morgan fingerprint density at radius 2 is 1.88 bits per heavy atom. The molecule has 0 unspecified atom stereocenters. The van der Waals surface area contributed by atoms with E-state index in [1.807, 2.05) is 62.4 Å². The van der Waals surface area contributed by atoms with E-state index in [0.29, 0.717) is 5.69 Å². The molecule has 1 aliphatic heterocycles. The lowest BCUT2D eigenvalue weighted by atomic mass is 9.86. The summed E-state index contributed by atoms with van der Waals surface area (Å²) in [5.74, 6) is -1.06. The molecule has 0 saturated carbocycles. The molecule has 3 heterocycles. The molecule has 0 bridgehead atoms. The van der Waals surface area contributed by atoms with Gasteiger partial charge in [0, 0.05) is 0 Å². The van der Waals surface area contributed by atoms with E-state index in [1.165, 1.54) is 4.57 Å². The highest BCUT2D eigenvalue weighted by molar-refractivity contribution is 6.12. The molecule has 0 radical (unpaired) electrons. The number of oxazole rings is 2. The van der Waals surface area contributed by atoms with Crippen LogP contribution in [0.5, 0.6) is 0 Å². The highest BCUT2D eigenvalue weighted by Gasteiger charge is 2.39. The highest BCUT2D eigenvalue weighted by Crippen LogP contribution is 2.38. The summed E-state index contributed by atoms with van der Waals surface area (Å²) in [6, 6.07) is 15.2. The van der Waals surface area contributed by atoms with E-state index in [4.69, 9.17) is 19.3 Å². The van der Waals surface area contributed by atoms with Crippen molar-refractivity contribution in [1.29, 1.82) is 0 Å². The lowest BCUT2D eigenvalue weighted by molar-refractivity contribution is -0.136. The molecule has 0 amide bonds. The van der Waals surface area contributed by atoms with Crippen LogP contribution in [0.4, 0.5) is 6.01 Å². The van der Waals surface area contributed by atoms with Crippen LogP contribution in [0.1, 0.15) is 40.8 Å². The minimum Gasteiger partial charge on any atom is -0.462 e. The van der Waals surface area contributed by atoms with Crippen LogP contribution in [0.2, 0.25) is 0 Å². The number of anilines is 1. The Morgan fingerprint density at radius 3 is 2.59 bits per heavy atom. The van der Waals surface area contributed by atoms with Crippen LogP contribution in [0.25, 0.3) is 17.5 Å². The van der Waals surface area contributed by atoms with Crippen molar-refractivity contribution in [3.8, 4) is 5.88 Å². The fourth-order valence-corrected chi connectivity index (χ4v) is 4.34. The number of benzene rings is 2. The summed E-state index contributed by atoms with van der Waals surface area (Å²) >= 11 is 0. The van der Waals surface area contributed by atoms with E-state index in [2.05, 4.69) is 4.98 Å². The fourth-order valence-electron chi connectivity index (χ4n) is 4.34. The van der Waals surface area contributed by atoms with Crippen LogP contribution in [-0.4, -0.2) is 22.1 Å². The van der Waals surface area contributed by atoms with Gasteiger partial charge in [0.1, 0.15) is 16.6 Å². The zero-order valence-electron chi connectivity index (χ0n) is 19.0. The SMILES string of the molecule is CCOC(=O)C1=c2oc(=O)/c(=C\c3cccc(C)c3)n2-c2oc(N)nc2[C@H]1c1cccc(C)c1. The number of fused-ring (bicyclic) bond motifs is 3. The van der Waals surface area contributed by atoms with E-state index in [1.54, 1.807) is 13.0 Å². The third-order valence-corrected chi connectivity index (χ3v) is 5.71. The number of carbonyl (C=O) groups excluding carboxylic acids is 1. The van der Waals surface area contributed by atoms with Crippen molar-refractivity contribution < 1.29 is 18.4 Å². The molecule has 1 atom stereocenters. The van der Waals surface area contributed by atoms with Gasteiger partial charge >= 0.3 is 11.6 Å². The maximum absolute atomic E-state index is 13.2. The normalized spacial score (nSPS) is 15.2. The van der Waals surface area contributed by atoms with Crippen LogP contribution in [0.15, 0.2) is 62.2 Å². The topological polar surface area (TPSA) is 113 Å². The van der Waals surface area contributed by atoms with Gasteiger partial charge in [0.15, 0.2) is 0 Å². The first-order valence-corrected chi connectivity index (χ1v) is 10.9. The minimum absolute atomic E-state index is 0.0394. The first-order valence-electron chi connectivity index (χ1n) is 10.9. The molecule has 2 N–H and O–H groups in total. The Hall–Kier alpha value is -4.33. The zero-order valence-corrected chi connectivity index (χ0v) is 19.0. The molecule has 1 aliphatic rings. The van der Waals surface area contributed by atoms with Crippen LogP contribution in [0, 0.1) is 13.8 Å². The maximum Gasteiger partial charge on any atom is 0.362 e. The van der Waals surface area contributed by atoms with Gasteiger partial charge in [-0.15, -0.1) is 0 Å². The molecule has 172 valence electrons. The van der Waals surface area contributed by atoms with Crippen molar-refractivity contribution in [3.63, 3.8) is 0 Å². The third kappa shape index (κ3) is 3.53. The number of esters is 1. The summed E-state index contributed by atoms with van der Waals surface area (Å²) in [4.78, 5) is 30.7. The predicted molar refractivity (Wildman–Crippen MR) is 126 cm³/mol. The van der Waals surface area contributed by atoms with Crippen molar-refractivity contribution in [2.75, 3.05) is 12.3 Å². The molecule has 0 fully saturated rings. The van der Waals surface area contributed by atoms with Gasteiger partial charge in [0.2, 0.25) is 11.4 Å². The van der Waals surface area contributed by atoms with Crippen LogP contribution >= 0.6 is 0 Å². The number of nitrogens with two attached hydrogens (primary N) is 1. The minimum atomic E-state index is -0.688. The van der Waals surface area contributed by atoms with Gasteiger partial charge in [-0.3, -0.25) is 0 Å². The zero-order chi connectivity index (χ0) is 24.0. The summed E-state index contributed by atoms with van der Waals surface area (Å²) in [5.41, 5.74) is 9.54. The molecule has 8 nitrogen and oxygen atoms in total. The van der Waals surface area contributed by atoms with E-state index in [-0.39, 0.29) is 35.0 Å². The maximum atomic E-state index is 13.2. The first kappa shape index (κ1) is 21.5. The quantitative estimate of drug-likeness (QED) is 0.468. The summed E-state index contributed by atoms with van der Waals surface area (Å²) < 4.78 is 18.3. The molecule has 0 saturated heterocycles. The van der Waals surface area contributed by atoms with Gasteiger partial charge in [-0.2, -0.15) is 4.98 Å². The van der Waals surface area contributed by atoms with Gasteiger partial charge in [0.05, 0.1) is 12.5 Å². The van der Waals surface area contributed by atoms with Crippen molar-refractivity contribution in [2.45, 2.75) is 26.7 Å². The molecular formula is C26H23N3O5.